The summed E-state index contributed by atoms with van der Waals surface area (Å²) in [4.78, 5) is 40.0. The lowest BCUT2D eigenvalue weighted by Crippen LogP contribution is -2.33. The largest absolute Gasteiger partial charge is 0.497 e. The molecule has 0 aliphatic heterocycles. The minimum Gasteiger partial charge on any atom is -0.497 e. The first-order chi connectivity index (χ1) is 22.7. The lowest BCUT2D eigenvalue weighted by molar-refractivity contribution is -0.142. The van der Waals surface area contributed by atoms with Gasteiger partial charge in [0.05, 0.1) is 31.2 Å². The van der Waals surface area contributed by atoms with E-state index in [4.69, 9.17) is 9.47 Å². The van der Waals surface area contributed by atoms with Gasteiger partial charge in [0.15, 0.2) is 0 Å². The van der Waals surface area contributed by atoms with Gasteiger partial charge in [0, 0.05) is 32.0 Å². The second-order valence-corrected chi connectivity index (χ2v) is 11.0. The molecule has 0 bridgehead atoms. The van der Waals surface area contributed by atoms with Gasteiger partial charge in [-0.3, -0.25) is 14.5 Å². The number of aliphatic hydroxyl groups excluding tert-OH is 1. The zero-order valence-corrected chi connectivity index (χ0v) is 26.3. The number of ether oxygens (including phenoxy) is 2. The maximum atomic E-state index is 13.5. The van der Waals surface area contributed by atoms with Gasteiger partial charge >= 0.3 is 18.1 Å². The molecule has 1 amide bonds. The van der Waals surface area contributed by atoms with Crippen LogP contribution in [0.15, 0.2) is 91.0 Å². The Hall–Kier alpha value is -5.40. The Balaban J connectivity index is 1.39. The van der Waals surface area contributed by atoms with Crippen LogP contribution in [0.4, 0.5) is 24.5 Å². The molecule has 0 saturated carbocycles. The van der Waals surface area contributed by atoms with E-state index in [9.17, 15) is 37.8 Å². The molecule has 0 aliphatic rings. The summed E-state index contributed by atoms with van der Waals surface area (Å²) < 4.78 is 50.9. The van der Waals surface area contributed by atoms with E-state index in [1.54, 1.807) is 42.5 Å². The molecule has 0 aliphatic carbocycles. The Bertz CT molecular complexity index is 1740. The maximum Gasteiger partial charge on any atom is 0.416 e. The number of halogens is 3. The van der Waals surface area contributed by atoms with Crippen LogP contribution in [0.3, 0.4) is 0 Å². The standard InChI is InChI=1S/C35H34F3N3O7/c1-40(2)27-6-4-5-25(17-27)34(46)48-28-14-7-22(8-15-28)20-41(21-32(43)44)33(45)23-9-12-26(13-10-23)39-31(42)18-24-11-16-29(47-3)19-30(24)35(36,37)38/h4-17,19,33,45H,18,20-21H2,1-3H3,(H,39,42)(H,43,44). The first-order valence-corrected chi connectivity index (χ1v) is 14.6. The highest BCUT2D eigenvalue weighted by atomic mass is 19.4. The van der Waals surface area contributed by atoms with Crippen molar-refractivity contribution in [2.45, 2.75) is 25.4 Å². The maximum absolute atomic E-state index is 13.5. The first kappa shape index (κ1) is 35.5. The van der Waals surface area contributed by atoms with Crippen LogP contribution in [-0.4, -0.2) is 60.7 Å². The Morgan fingerprint density at radius 2 is 1.56 bits per heavy atom. The van der Waals surface area contributed by atoms with E-state index in [1.807, 2.05) is 25.1 Å². The predicted octanol–water partition coefficient (Wildman–Crippen LogP) is 5.76. The van der Waals surface area contributed by atoms with E-state index in [-0.39, 0.29) is 29.3 Å². The van der Waals surface area contributed by atoms with Crippen LogP contribution >= 0.6 is 0 Å². The number of carbonyl (C=O) groups is 3. The molecule has 3 N–H and O–H groups in total. The van der Waals surface area contributed by atoms with E-state index in [0.29, 0.717) is 16.7 Å². The van der Waals surface area contributed by atoms with Gasteiger partial charge in [0.1, 0.15) is 17.7 Å². The van der Waals surface area contributed by atoms with E-state index in [1.165, 1.54) is 48.4 Å². The molecule has 4 aromatic rings. The van der Waals surface area contributed by atoms with Gasteiger partial charge in [0.2, 0.25) is 5.91 Å². The summed E-state index contributed by atoms with van der Waals surface area (Å²) in [5.41, 5.74) is 1.22. The van der Waals surface area contributed by atoms with Crippen molar-refractivity contribution in [3.8, 4) is 11.5 Å². The van der Waals surface area contributed by atoms with Crippen LogP contribution in [0.25, 0.3) is 0 Å². The lowest BCUT2D eigenvalue weighted by atomic mass is 10.0. The van der Waals surface area contributed by atoms with Crippen molar-refractivity contribution in [2.24, 2.45) is 0 Å². The summed E-state index contributed by atoms with van der Waals surface area (Å²) in [7, 11) is 4.96. The van der Waals surface area contributed by atoms with E-state index < -0.39 is 48.8 Å². The Morgan fingerprint density at radius 1 is 0.896 bits per heavy atom. The second kappa shape index (κ2) is 15.5. The number of benzene rings is 4. The molecule has 48 heavy (non-hydrogen) atoms. The Morgan fingerprint density at radius 3 is 2.17 bits per heavy atom. The number of rotatable bonds is 13. The van der Waals surface area contributed by atoms with Crippen LogP contribution in [0.5, 0.6) is 11.5 Å². The average molecular weight is 666 g/mol. The third-order valence-corrected chi connectivity index (χ3v) is 7.27. The number of amides is 1. The number of hydrogen-bond donors (Lipinski definition) is 3. The monoisotopic (exact) mass is 665 g/mol. The quantitative estimate of drug-likeness (QED) is 0.0928. The fourth-order valence-corrected chi connectivity index (χ4v) is 4.81. The highest BCUT2D eigenvalue weighted by molar-refractivity contribution is 5.93. The summed E-state index contributed by atoms with van der Waals surface area (Å²) >= 11 is 0. The molecule has 0 fully saturated rings. The van der Waals surface area contributed by atoms with Gasteiger partial charge in [-0.05, 0) is 71.3 Å². The number of methoxy groups -OCH3 is 1. The van der Waals surface area contributed by atoms with Gasteiger partial charge in [0.25, 0.3) is 0 Å². The predicted molar refractivity (Wildman–Crippen MR) is 172 cm³/mol. The molecule has 1 unspecified atom stereocenters. The molecule has 0 saturated heterocycles. The summed E-state index contributed by atoms with van der Waals surface area (Å²) in [6, 6.07) is 22.6. The zero-order valence-electron chi connectivity index (χ0n) is 26.3. The Kier molecular flexibility index (Phi) is 11.4. The van der Waals surface area contributed by atoms with Crippen molar-refractivity contribution in [1.82, 2.24) is 4.90 Å². The van der Waals surface area contributed by atoms with Crippen molar-refractivity contribution in [3.05, 3.63) is 119 Å². The topological polar surface area (TPSA) is 129 Å². The van der Waals surface area contributed by atoms with Crippen LogP contribution in [0.1, 0.15) is 38.8 Å². The Labute approximate surface area is 274 Å². The molecule has 13 heteroatoms. The van der Waals surface area contributed by atoms with Crippen molar-refractivity contribution in [1.29, 1.82) is 0 Å². The van der Waals surface area contributed by atoms with Crippen LogP contribution in [-0.2, 0) is 28.7 Å². The number of nitrogens with one attached hydrogen (secondary N) is 1. The third kappa shape index (κ3) is 9.56. The molecule has 0 aromatic heterocycles. The number of carbonyl (C=O) groups excluding carboxylic acids is 2. The number of carboxylic acid groups (broad SMARTS) is 1. The fourth-order valence-electron chi connectivity index (χ4n) is 4.81. The number of esters is 1. The minimum atomic E-state index is -4.68. The molecule has 0 heterocycles. The SMILES string of the molecule is COc1ccc(CC(=O)Nc2ccc(C(O)N(CC(=O)O)Cc3ccc(OC(=O)c4cccc(N(C)C)c4)cc3)cc2)c(C(F)(F)F)c1. The van der Waals surface area contributed by atoms with Crippen molar-refractivity contribution in [2.75, 3.05) is 38.0 Å². The fraction of sp³-hybridized carbons (Fsp3) is 0.229. The number of nitrogens with zero attached hydrogens (tertiary/aromatic N) is 2. The first-order valence-electron chi connectivity index (χ1n) is 14.6. The lowest BCUT2D eigenvalue weighted by Gasteiger charge is -2.27. The number of aliphatic hydroxyl groups is 1. The molecule has 1 atom stereocenters. The minimum absolute atomic E-state index is 0.0119. The molecule has 4 rings (SSSR count). The number of hydrogen-bond acceptors (Lipinski definition) is 8. The third-order valence-electron chi connectivity index (χ3n) is 7.27. The van der Waals surface area contributed by atoms with E-state index >= 15 is 0 Å². The number of alkyl halides is 3. The summed E-state index contributed by atoms with van der Waals surface area (Å²) in [6.07, 6.45) is -6.59. The highest BCUT2D eigenvalue weighted by Crippen LogP contribution is 2.35. The van der Waals surface area contributed by atoms with Crippen LogP contribution in [0.2, 0.25) is 0 Å². The smallest absolute Gasteiger partial charge is 0.416 e. The van der Waals surface area contributed by atoms with Crippen LogP contribution in [0, 0.1) is 0 Å². The summed E-state index contributed by atoms with van der Waals surface area (Å²) in [5, 5.41) is 23.1. The summed E-state index contributed by atoms with van der Waals surface area (Å²) in [5.74, 6) is -2.12. The van der Waals surface area contributed by atoms with Crippen LogP contribution < -0.4 is 19.7 Å². The van der Waals surface area contributed by atoms with Gasteiger partial charge in [-0.15, -0.1) is 0 Å². The van der Waals surface area contributed by atoms with Crippen molar-refractivity contribution in [3.63, 3.8) is 0 Å². The normalized spacial score (nSPS) is 11.9. The highest BCUT2D eigenvalue weighted by Gasteiger charge is 2.34. The summed E-state index contributed by atoms with van der Waals surface area (Å²) in [6.45, 7) is -0.490. The van der Waals surface area contributed by atoms with Gasteiger partial charge < -0.3 is 29.9 Å². The molecule has 252 valence electrons. The van der Waals surface area contributed by atoms with Gasteiger partial charge in [-0.1, -0.05) is 36.4 Å². The van der Waals surface area contributed by atoms with Gasteiger partial charge in [-0.2, -0.15) is 13.2 Å². The molecular formula is C35H34F3N3O7. The number of carboxylic acids is 1. The molecule has 0 spiro atoms. The van der Waals surface area contributed by atoms with Crippen molar-refractivity contribution >= 4 is 29.2 Å². The number of aliphatic carboxylic acids is 1. The van der Waals surface area contributed by atoms with E-state index in [2.05, 4.69) is 5.32 Å². The number of anilines is 2. The van der Waals surface area contributed by atoms with Gasteiger partial charge in [-0.25, -0.2) is 4.79 Å². The molecule has 4 aromatic carbocycles. The zero-order chi connectivity index (χ0) is 35.0. The average Bonchev–Trinajstić information content (AvgIpc) is 3.04. The molecule has 0 radical (unpaired) electrons. The van der Waals surface area contributed by atoms with E-state index in [0.717, 1.165) is 11.8 Å². The van der Waals surface area contributed by atoms with Crippen molar-refractivity contribution < 1.29 is 47.2 Å². The molecular weight excluding hydrogens is 631 g/mol. The second-order valence-electron chi connectivity index (χ2n) is 11.0. The molecule has 10 nitrogen and oxygen atoms in total.